The maximum atomic E-state index is 16.8. The van der Waals surface area contributed by atoms with Gasteiger partial charge in [0.2, 0.25) is 0 Å². The number of nitrogens with one attached hydrogen (secondary N) is 1. The van der Waals surface area contributed by atoms with E-state index in [4.69, 9.17) is 13.9 Å². The summed E-state index contributed by atoms with van der Waals surface area (Å²) in [5.74, 6) is -6.26. The number of alkyl carbamates (subject to hydrolysis) is 1. The number of hydrogen-bond donors (Lipinski definition) is 2. The van der Waals surface area contributed by atoms with Crippen LogP contribution in [-0.4, -0.2) is 62.4 Å². The van der Waals surface area contributed by atoms with Crippen LogP contribution >= 0.6 is 15.9 Å². The van der Waals surface area contributed by atoms with E-state index in [-0.39, 0.29) is 51.2 Å². The quantitative estimate of drug-likeness (QED) is 0.137. The zero-order chi connectivity index (χ0) is 37.5. The van der Waals surface area contributed by atoms with E-state index in [2.05, 4.69) is 62.8 Å². The average Bonchev–Trinajstić information content (AvgIpc) is 2.95. The topological polar surface area (TPSA) is 114 Å². The number of benzene rings is 2. The molecule has 2 rings (SSSR count). The van der Waals surface area contributed by atoms with E-state index in [1.54, 1.807) is 51.1 Å². The van der Waals surface area contributed by atoms with Gasteiger partial charge in [0, 0.05) is 10.0 Å². The molecule has 0 aliphatic carbocycles. The van der Waals surface area contributed by atoms with Crippen LogP contribution in [0.2, 0.25) is 16.6 Å². The number of alkyl halides is 3. The van der Waals surface area contributed by atoms with Gasteiger partial charge in [-0.25, -0.2) is 9.18 Å². The predicted molar refractivity (Wildman–Crippen MR) is 185 cm³/mol. The summed E-state index contributed by atoms with van der Waals surface area (Å²) in [5.41, 5.74) is -1.09. The van der Waals surface area contributed by atoms with Crippen LogP contribution in [0.5, 0.6) is 5.75 Å². The van der Waals surface area contributed by atoms with Crippen molar-refractivity contribution in [3.8, 4) is 5.75 Å². The van der Waals surface area contributed by atoms with E-state index in [0.29, 0.717) is 5.56 Å². The van der Waals surface area contributed by atoms with Crippen molar-refractivity contribution in [1.29, 1.82) is 0 Å². The van der Waals surface area contributed by atoms with E-state index >= 15 is 4.39 Å². The van der Waals surface area contributed by atoms with Crippen LogP contribution in [0.1, 0.15) is 73.4 Å². The lowest BCUT2D eigenvalue weighted by Gasteiger charge is -2.43. The first-order chi connectivity index (χ1) is 22.5. The monoisotopic (exact) mass is 778 g/mol. The summed E-state index contributed by atoms with van der Waals surface area (Å²) < 4.78 is 76.1. The number of carboxylic acid groups (broad SMARTS) is 1. The number of rotatable bonds is 15. The predicted octanol–water partition coefficient (Wildman–Crippen LogP) is 8.78. The molecule has 15 heteroatoms. The number of amides is 2. The third-order valence-corrected chi connectivity index (χ3v) is 14.7. The van der Waals surface area contributed by atoms with Gasteiger partial charge in [0.1, 0.15) is 30.2 Å². The average molecular weight is 780 g/mol. The summed E-state index contributed by atoms with van der Waals surface area (Å²) in [4.78, 5) is 37.1. The summed E-state index contributed by atoms with van der Waals surface area (Å²) in [5, 5.41) is 12.2. The van der Waals surface area contributed by atoms with Crippen LogP contribution in [0.3, 0.4) is 0 Å². The molecule has 0 fully saturated rings. The van der Waals surface area contributed by atoms with Crippen molar-refractivity contribution in [2.24, 2.45) is 0 Å². The molecule has 1 atom stereocenters. The summed E-state index contributed by atoms with van der Waals surface area (Å²) in [6.07, 6.45) is -6.71. The molecule has 0 spiro atoms. The maximum absolute atomic E-state index is 16.8. The highest BCUT2D eigenvalue weighted by atomic mass is 79.9. The standard InChI is InChI=1S/C34H47BrF4N2O7Si/c1-20(2)49(21(3)4,22(5)6)47-19-24(40-32(45)48-33(7,8)9)15-25-26(35)16-27(46-18-23-13-11-10-12-14-23)30(29(25)36)41(17-28(42)43)31(44)34(37,38)39/h10-14,16,20-22,24H,15,17-19H2,1-9H3,(H,40,45)(H,42,43)/t24-/m1/s1. The number of carbonyl (C=O) groups excluding carboxylic acids is 2. The Kier molecular flexibility index (Phi) is 14.7. The molecule has 0 aromatic heterocycles. The molecule has 9 nitrogen and oxygen atoms in total. The van der Waals surface area contributed by atoms with Crippen molar-refractivity contribution in [2.45, 2.75) is 110 Å². The SMILES string of the molecule is CC(C)[Si](OC[C@@H](Cc1c(Br)cc(OCc2ccccc2)c(N(CC(=O)O)C(=O)C(F)(F)F)c1F)NC(=O)OC(C)(C)C)(C(C)C)C(C)C. The molecule has 2 aromatic rings. The summed E-state index contributed by atoms with van der Waals surface area (Å²) >= 11 is 3.30. The minimum Gasteiger partial charge on any atom is -0.487 e. The molecule has 0 bridgehead atoms. The smallest absolute Gasteiger partial charge is 0.471 e. The lowest BCUT2D eigenvalue weighted by Crippen LogP contribution is -2.51. The van der Waals surface area contributed by atoms with Crippen LogP contribution in [-0.2, 0) is 31.8 Å². The number of halogens is 5. The van der Waals surface area contributed by atoms with Gasteiger partial charge in [-0.05, 0) is 55.4 Å². The van der Waals surface area contributed by atoms with Gasteiger partial charge in [0.05, 0.1) is 12.6 Å². The molecule has 0 saturated carbocycles. The normalized spacial score (nSPS) is 13.1. The third-order valence-electron chi connectivity index (χ3n) is 7.95. The minimum atomic E-state index is -5.54. The Bertz CT molecular complexity index is 1430. The number of carboxylic acids is 1. The van der Waals surface area contributed by atoms with E-state index in [1.807, 2.05) is 0 Å². The second kappa shape index (κ2) is 17.2. The highest BCUT2D eigenvalue weighted by Gasteiger charge is 2.47. The summed E-state index contributed by atoms with van der Waals surface area (Å²) in [6.45, 7) is 15.5. The van der Waals surface area contributed by atoms with E-state index in [9.17, 15) is 32.7 Å². The van der Waals surface area contributed by atoms with Crippen molar-refractivity contribution in [2.75, 3.05) is 18.1 Å². The second-order valence-electron chi connectivity index (χ2n) is 13.7. The molecule has 0 radical (unpaired) electrons. The van der Waals surface area contributed by atoms with Gasteiger partial charge in [-0.15, -0.1) is 0 Å². The first kappa shape index (κ1) is 42.0. The Morgan fingerprint density at radius 1 is 0.980 bits per heavy atom. The zero-order valence-electron chi connectivity index (χ0n) is 29.3. The lowest BCUT2D eigenvalue weighted by molar-refractivity contribution is -0.171. The van der Waals surface area contributed by atoms with Gasteiger partial charge in [0.15, 0.2) is 14.1 Å². The van der Waals surface area contributed by atoms with E-state index in [1.165, 1.54) is 6.07 Å². The zero-order valence-corrected chi connectivity index (χ0v) is 31.9. The fourth-order valence-corrected chi connectivity index (χ4v) is 12.1. The van der Waals surface area contributed by atoms with Crippen LogP contribution < -0.4 is 15.0 Å². The van der Waals surface area contributed by atoms with Crippen molar-refractivity contribution in [1.82, 2.24) is 5.32 Å². The Labute approximate surface area is 294 Å². The number of anilines is 1. The molecular weight excluding hydrogens is 732 g/mol. The summed E-state index contributed by atoms with van der Waals surface area (Å²) in [6, 6.07) is 8.66. The van der Waals surface area contributed by atoms with Crippen molar-refractivity contribution < 1.29 is 51.0 Å². The molecule has 0 aliphatic heterocycles. The Morgan fingerprint density at radius 2 is 1.53 bits per heavy atom. The second-order valence-corrected chi connectivity index (χ2v) is 20.0. The molecule has 0 heterocycles. The fraction of sp³-hybridized carbons (Fsp3) is 0.559. The van der Waals surface area contributed by atoms with Gasteiger partial charge < -0.3 is 24.3 Å². The van der Waals surface area contributed by atoms with Crippen LogP contribution in [0, 0.1) is 5.82 Å². The largest absolute Gasteiger partial charge is 0.487 e. The lowest BCUT2D eigenvalue weighted by atomic mass is 10.0. The van der Waals surface area contributed by atoms with Crippen LogP contribution in [0.4, 0.5) is 28.0 Å². The molecule has 2 N–H and O–H groups in total. The van der Waals surface area contributed by atoms with Crippen LogP contribution in [0.25, 0.3) is 0 Å². The van der Waals surface area contributed by atoms with Gasteiger partial charge >= 0.3 is 24.1 Å². The van der Waals surface area contributed by atoms with Crippen molar-refractivity contribution >= 4 is 47.9 Å². The first-order valence-corrected chi connectivity index (χ1v) is 18.9. The maximum Gasteiger partial charge on any atom is 0.471 e. The number of aliphatic carboxylic acids is 1. The molecule has 0 unspecified atom stereocenters. The first-order valence-electron chi connectivity index (χ1n) is 15.9. The van der Waals surface area contributed by atoms with E-state index < -0.39 is 67.9 Å². The summed E-state index contributed by atoms with van der Waals surface area (Å²) in [7, 11) is -2.53. The number of carbonyl (C=O) groups is 3. The molecule has 0 aliphatic rings. The number of hydrogen-bond acceptors (Lipinski definition) is 6. The van der Waals surface area contributed by atoms with Gasteiger partial charge in [-0.3, -0.25) is 14.5 Å². The molecule has 274 valence electrons. The molecular formula is C34H47BrF4N2O7Si. The van der Waals surface area contributed by atoms with Crippen molar-refractivity contribution in [3.63, 3.8) is 0 Å². The van der Waals surface area contributed by atoms with Gasteiger partial charge in [0.25, 0.3) is 0 Å². The highest BCUT2D eigenvalue weighted by molar-refractivity contribution is 9.10. The van der Waals surface area contributed by atoms with Gasteiger partial charge in [-0.2, -0.15) is 13.2 Å². The number of ether oxygens (including phenoxy) is 2. The Balaban J connectivity index is 2.75. The number of nitrogens with zero attached hydrogens (tertiary/aromatic N) is 1. The van der Waals surface area contributed by atoms with E-state index in [0.717, 1.165) is 0 Å². The van der Waals surface area contributed by atoms with Gasteiger partial charge in [-0.1, -0.05) is 87.8 Å². The molecule has 2 aromatic carbocycles. The highest BCUT2D eigenvalue weighted by Crippen LogP contribution is 2.43. The molecule has 0 saturated heterocycles. The third kappa shape index (κ3) is 11.4. The van der Waals surface area contributed by atoms with Crippen molar-refractivity contribution in [3.05, 3.63) is 57.8 Å². The molecule has 2 amide bonds. The Hall–Kier alpha value is -3.17. The fourth-order valence-electron chi connectivity index (χ4n) is 6.07. The Morgan fingerprint density at radius 3 is 2.00 bits per heavy atom. The molecule has 49 heavy (non-hydrogen) atoms. The van der Waals surface area contributed by atoms with Crippen LogP contribution in [0.15, 0.2) is 40.9 Å². The minimum absolute atomic E-state index is 0.0441.